The number of nitrogens with zero attached hydrogens (tertiary/aromatic N) is 5. The molecular formula is C14H24N6S. The maximum Gasteiger partial charge on any atom is 0.0964 e. The fourth-order valence-corrected chi connectivity index (χ4v) is 2.55. The van der Waals surface area contributed by atoms with Crippen molar-refractivity contribution in [1.82, 2.24) is 30.2 Å². The van der Waals surface area contributed by atoms with Crippen LogP contribution in [0.1, 0.15) is 30.2 Å². The third-order valence-corrected chi connectivity index (χ3v) is 3.91. The van der Waals surface area contributed by atoms with Crippen molar-refractivity contribution in [2.75, 3.05) is 13.6 Å². The normalized spacial score (nSPS) is 11.7. The maximum atomic E-state index is 4.48. The molecule has 0 aliphatic heterocycles. The lowest BCUT2D eigenvalue weighted by atomic mass is 10.3. The molecule has 2 aromatic heterocycles. The number of hydrogen-bond donors (Lipinski definition) is 1. The van der Waals surface area contributed by atoms with Crippen LogP contribution < -0.4 is 5.32 Å². The van der Waals surface area contributed by atoms with Gasteiger partial charge in [0.15, 0.2) is 0 Å². The Labute approximate surface area is 130 Å². The number of rotatable bonds is 8. The van der Waals surface area contributed by atoms with Crippen LogP contribution in [0.5, 0.6) is 0 Å². The van der Waals surface area contributed by atoms with Crippen LogP contribution in [-0.4, -0.2) is 44.5 Å². The van der Waals surface area contributed by atoms with E-state index >= 15 is 0 Å². The highest BCUT2D eigenvalue weighted by molar-refractivity contribution is 7.09. The van der Waals surface area contributed by atoms with Crippen LogP contribution in [0.4, 0.5) is 0 Å². The van der Waals surface area contributed by atoms with E-state index in [0.29, 0.717) is 6.04 Å². The summed E-state index contributed by atoms with van der Waals surface area (Å²) in [6.45, 7) is 9.70. The zero-order chi connectivity index (χ0) is 15.2. The average Bonchev–Trinajstić information content (AvgIpc) is 3.03. The van der Waals surface area contributed by atoms with Crippen molar-refractivity contribution in [3.05, 3.63) is 28.0 Å². The van der Waals surface area contributed by atoms with Gasteiger partial charge in [0.1, 0.15) is 0 Å². The Balaban J connectivity index is 1.74. The molecule has 1 N–H and O–H groups in total. The fraction of sp³-hybridized carbons (Fsp3) is 0.643. The third kappa shape index (κ3) is 5.53. The molecule has 0 fully saturated rings. The highest BCUT2D eigenvalue weighted by Gasteiger charge is 2.06. The van der Waals surface area contributed by atoms with Crippen LogP contribution in [0.25, 0.3) is 0 Å². The summed E-state index contributed by atoms with van der Waals surface area (Å²) in [7, 11) is 2.10. The second-order valence-electron chi connectivity index (χ2n) is 5.60. The minimum absolute atomic E-state index is 0.461. The Morgan fingerprint density at radius 1 is 1.38 bits per heavy atom. The number of thiazole rings is 1. The molecule has 2 aromatic rings. The molecule has 0 aromatic carbocycles. The monoisotopic (exact) mass is 308 g/mol. The van der Waals surface area contributed by atoms with E-state index in [0.717, 1.165) is 42.6 Å². The molecule has 2 heterocycles. The largest absolute Gasteiger partial charge is 0.309 e. The summed E-state index contributed by atoms with van der Waals surface area (Å²) in [4.78, 5) is 6.74. The van der Waals surface area contributed by atoms with Crippen LogP contribution >= 0.6 is 11.3 Å². The summed E-state index contributed by atoms with van der Waals surface area (Å²) in [5.74, 6) is 0. The summed E-state index contributed by atoms with van der Waals surface area (Å²) in [6, 6.07) is 0.461. The van der Waals surface area contributed by atoms with Crippen LogP contribution in [0, 0.1) is 6.92 Å². The molecule has 0 amide bonds. The second-order valence-corrected chi connectivity index (χ2v) is 6.67. The highest BCUT2D eigenvalue weighted by Crippen LogP contribution is 2.09. The minimum Gasteiger partial charge on any atom is -0.309 e. The van der Waals surface area contributed by atoms with Crippen molar-refractivity contribution in [3.8, 4) is 0 Å². The molecule has 0 aliphatic carbocycles. The SMILES string of the molecule is Cc1nc(CN(C)CCn2cc(CNC(C)C)nn2)cs1. The number of likely N-dealkylation sites (N-methyl/N-ethyl adjacent to an activating group) is 1. The van der Waals surface area contributed by atoms with E-state index in [1.165, 1.54) is 0 Å². The molecule has 0 unspecified atom stereocenters. The smallest absolute Gasteiger partial charge is 0.0964 e. The average molecular weight is 308 g/mol. The molecule has 0 spiro atoms. The molecule has 116 valence electrons. The van der Waals surface area contributed by atoms with E-state index in [-0.39, 0.29) is 0 Å². The van der Waals surface area contributed by atoms with Gasteiger partial charge in [0.2, 0.25) is 0 Å². The lowest BCUT2D eigenvalue weighted by molar-refractivity contribution is 0.301. The van der Waals surface area contributed by atoms with Crippen molar-refractivity contribution in [2.45, 2.75) is 46.4 Å². The lowest BCUT2D eigenvalue weighted by Crippen LogP contribution is -2.23. The van der Waals surface area contributed by atoms with Gasteiger partial charge >= 0.3 is 0 Å². The second kappa shape index (κ2) is 7.63. The van der Waals surface area contributed by atoms with E-state index in [4.69, 9.17) is 0 Å². The molecule has 0 atom stereocenters. The van der Waals surface area contributed by atoms with Crippen LogP contribution in [-0.2, 0) is 19.6 Å². The third-order valence-electron chi connectivity index (χ3n) is 3.09. The zero-order valence-corrected chi connectivity index (χ0v) is 14.0. The Bertz CT molecular complexity index is 547. The fourth-order valence-electron chi connectivity index (χ4n) is 1.95. The summed E-state index contributed by atoms with van der Waals surface area (Å²) >= 11 is 1.70. The van der Waals surface area contributed by atoms with Gasteiger partial charge in [0.25, 0.3) is 0 Å². The van der Waals surface area contributed by atoms with E-state index in [1.807, 2.05) is 17.8 Å². The zero-order valence-electron chi connectivity index (χ0n) is 13.2. The molecule has 2 rings (SSSR count). The molecule has 6 nitrogen and oxygen atoms in total. The Morgan fingerprint density at radius 2 is 2.19 bits per heavy atom. The number of aromatic nitrogens is 4. The Morgan fingerprint density at radius 3 is 2.86 bits per heavy atom. The minimum atomic E-state index is 0.461. The van der Waals surface area contributed by atoms with Gasteiger partial charge in [-0.3, -0.25) is 9.58 Å². The maximum absolute atomic E-state index is 4.48. The topological polar surface area (TPSA) is 58.9 Å². The van der Waals surface area contributed by atoms with Crippen molar-refractivity contribution < 1.29 is 0 Å². The first-order valence-electron chi connectivity index (χ1n) is 7.25. The first-order valence-corrected chi connectivity index (χ1v) is 8.13. The highest BCUT2D eigenvalue weighted by atomic mass is 32.1. The van der Waals surface area contributed by atoms with E-state index in [9.17, 15) is 0 Å². The predicted molar refractivity (Wildman–Crippen MR) is 85.2 cm³/mol. The molecule has 0 aliphatic rings. The van der Waals surface area contributed by atoms with E-state index in [1.54, 1.807) is 11.3 Å². The Hall–Kier alpha value is -1.31. The summed E-state index contributed by atoms with van der Waals surface area (Å²) in [5.41, 5.74) is 2.13. The molecule has 0 bridgehead atoms. The molecule has 0 saturated heterocycles. The first-order chi connectivity index (χ1) is 10.0. The van der Waals surface area contributed by atoms with Crippen LogP contribution in [0.15, 0.2) is 11.6 Å². The van der Waals surface area contributed by atoms with Gasteiger partial charge in [0, 0.05) is 37.3 Å². The molecular weight excluding hydrogens is 284 g/mol. The van der Waals surface area contributed by atoms with Crippen molar-refractivity contribution >= 4 is 11.3 Å². The van der Waals surface area contributed by atoms with Crippen LogP contribution in [0.3, 0.4) is 0 Å². The van der Waals surface area contributed by atoms with Crippen molar-refractivity contribution in [3.63, 3.8) is 0 Å². The number of nitrogens with one attached hydrogen (secondary N) is 1. The number of aryl methyl sites for hydroxylation is 1. The van der Waals surface area contributed by atoms with E-state index in [2.05, 4.69) is 51.8 Å². The van der Waals surface area contributed by atoms with Gasteiger partial charge in [-0.1, -0.05) is 19.1 Å². The summed E-state index contributed by atoms with van der Waals surface area (Å²) in [6.07, 6.45) is 2.01. The van der Waals surface area contributed by atoms with E-state index < -0.39 is 0 Å². The standard InChI is InChI=1S/C14H24N6S/c1-11(2)15-7-13-9-20(18-17-13)6-5-19(4)8-14-10-21-12(3)16-14/h9-11,15H,5-8H2,1-4H3. The van der Waals surface area contributed by atoms with Gasteiger partial charge in [-0.05, 0) is 14.0 Å². The first kappa shape index (κ1) is 16.1. The molecule has 7 heteroatoms. The van der Waals surface area contributed by atoms with Gasteiger partial charge in [-0.2, -0.15) is 0 Å². The Kier molecular flexibility index (Phi) is 5.84. The molecule has 0 saturated carbocycles. The summed E-state index contributed by atoms with van der Waals surface area (Å²) in [5, 5.41) is 14.9. The summed E-state index contributed by atoms with van der Waals surface area (Å²) < 4.78 is 1.90. The van der Waals surface area contributed by atoms with Gasteiger partial charge < -0.3 is 5.32 Å². The van der Waals surface area contributed by atoms with Gasteiger partial charge in [0.05, 0.1) is 22.9 Å². The van der Waals surface area contributed by atoms with Crippen LogP contribution in [0.2, 0.25) is 0 Å². The van der Waals surface area contributed by atoms with Gasteiger partial charge in [-0.25, -0.2) is 4.98 Å². The van der Waals surface area contributed by atoms with Crippen molar-refractivity contribution in [1.29, 1.82) is 0 Å². The quantitative estimate of drug-likeness (QED) is 0.804. The lowest BCUT2D eigenvalue weighted by Gasteiger charge is -2.14. The molecule has 21 heavy (non-hydrogen) atoms. The van der Waals surface area contributed by atoms with Crippen molar-refractivity contribution in [2.24, 2.45) is 0 Å². The van der Waals surface area contributed by atoms with Gasteiger partial charge in [-0.15, -0.1) is 16.4 Å². The molecule has 0 radical (unpaired) electrons. The predicted octanol–water partition coefficient (Wildman–Crippen LogP) is 1.67. The number of hydrogen-bond acceptors (Lipinski definition) is 6.